The van der Waals surface area contributed by atoms with Gasteiger partial charge in [-0.1, -0.05) is 13.0 Å². The van der Waals surface area contributed by atoms with Crippen LogP contribution in [0.1, 0.15) is 34.0 Å². The van der Waals surface area contributed by atoms with Gasteiger partial charge in [0.2, 0.25) is 0 Å². The normalized spacial score (nSPS) is 10.4. The predicted octanol–water partition coefficient (Wildman–Crippen LogP) is 3.09. The van der Waals surface area contributed by atoms with E-state index in [4.69, 9.17) is 14.2 Å². The zero-order chi connectivity index (χ0) is 18.6. The zero-order valence-corrected chi connectivity index (χ0v) is 14.8. The van der Waals surface area contributed by atoms with E-state index < -0.39 is 5.75 Å². The van der Waals surface area contributed by atoms with Gasteiger partial charge in [0.15, 0.2) is 17.8 Å². The highest BCUT2D eigenvalue weighted by Crippen LogP contribution is 2.39. The lowest BCUT2D eigenvalue weighted by Gasteiger charge is -2.17. The summed E-state index contributed by atoms with van der Waals surface area (Å²) < 4.78 is 16.1. The zero-order valence-electron chi connectivity index (χ0n) is 14.8. The van der Waals surface area contributed by atoms with Gasteiger partial charge in [0.1, 0.15) is 17.2 Å². The second-order valence-corrected chi connectivity index (χ2v) is 5.46. The van der Waals surface area contributed by atoms with E-state index in [0.29, 0.717) is 46.6 Å². The molecule has 0 bridgehead atoms. The van der Waals surface area contributed by atoms with E-state index in [2.05, 4.69) is 0 Å². The van der Waals surface area contributed by atoms with Crippen molar-refractivity contribution in [3.8, 4) is 28.7 Å². The molecule has 0 amide bonds. The molecule has 0 saturated carbocycles. The number of ether oxygens (including phenoxy) is 3. The maximum atomic E-state index is 11.4. The minimum Gasteiger partial charge on any atom is -0.504 e. The fourth-order valence-electron chi connectivity index (χ4n) is 2.78. The molecule has 0 saturated heterocycles. The van der Waals surface area contributed by atoms with Crippen LogP contribution in [0.3, 0.4) is 0 Å². The number of phenols is 2. The van der Waals surface area contributed by atoms with Crippen molar-refractivity contribution in [3.05, 3.63) is 40.5 Å². The largest absolute Gasteiger partial charge is 0.504 e. The van der Waals surface area contributed by atoms with Crippen LogP contribution in [0, 0.1) is 0 Å². The second kappa shape index (κ2) is 7.79. The molecule has 0 aliphatic heterocycles. The number of rotatable bonds is 7. The highest BCUT2D eigenvalue weighted by molar-refractivity contribution is 5.84. The quantitative estimate of drug-likeness (QED) is 0.592. The van der Waals surface area contributed by atoms with Crippen LogP contribution in [-0.2, 0) is 12.8 Å². The van der Waals surface area contributed by atoms with Gasteiger partial charge in [0.25, 0.3) is 0 Å². The summed E-state index contributed by atoms with van der Waals surface area (Å²) in [5.74, 6) is 0.992. The Morgan fingerprint density at radius 1 is 0.920 bits per heavy atom. The summed E-state index contributed by atoms with van der Waals surface area (Å²) in [7, 11) is 4.61. The Bertz CT molecular complexity index is 757. The lowest BCUT2D eigenvalue weighted by Crippen LogP contribution is -2.03. The van der Waals surface area contributed by atoms with Crippen molar-refractivity contribution >= 4 is 6.29 Å². The average molecular weight is 346 g/mol. The van der Waals surface area contributed by atoms with Crippen molar-refractivity contribution in [3.63, 3.8) is 0 Å². The second-order valence-electron chi connectivity index (χ2n) is 5.46. The fraction of sp³-hybridized carbons (Fsp3) is 0.316. The monoisotopic (exact) mass is 346 g/mol. The van der Waals surface area contributed by atoms with E-state index in [-0.39, 0.29) is 17.7 Å². The molecule has 0 spiro atoms. The van der Waals surface area contributed by atoms with Gasteiger partial charge < -0.3 is 24.4 Å². The lowest BCUT2D eigenvalue weighted by atomic mass is 9.94. The Morgan fingerprint density at radius 2 is 1.52 bits per heavy atom. The molecule has 0 aliphatic carbocycles. The molecular weight excluding hydrogens is 324 g/mol. The van der Waals surface area contributed by atoms with E-state index in [0.717, 1.165) is 0 Å². The number of phenolic OH excluding ortho intramolecular Hbond substituents is 2. The highest BCUT2D eigenvalue weighted by Gasteiger charge is 2.20. The Labute approximate surface area is 146 Å². The topological polar surface area (TPSA) is 85.2 Å². The van der Waals surface area contributed by atoms with Gasteiger partial charge in [-0.05, 0) is 17.5 Å². The molecule has 0 aromatic heterocycles. The third-order valence-corrected chi connectivity index (χ3v) is 4.16. The van der Waals surface area contributed by atoms with Crippen molar-refractivity contribution in [2.75, 3.05) is 21.3 Å². The van der Waals surface area contributed by atoms with Crippen molar-refractivity contribution in [1.82, 2.24) is 0 Å². The van der Waals surface area contributed by atoms with Crippen LogP contribution in [-0.4, -0.2) is 37.8 Å². The van der Waals surface area contributed by atoms with E-state index in [1.807, 2.05) is 6.92 Å². The number of benzene rings is 2. The number of aryl methyl sites for hydroxylation is 1. The number of carbonyl (C=O) groups is 1. The van der Waals surface area contributed by atoms with Crippen molar-refractivity contribution in [1.29, 1.82) is 0 Å². The molecule has 2 aromatic carbocycles. The number of hydrogen-bond acceptors (Lipinski definition) is 6. The number of methoxy groups -OCH3 is 3. The molecule has 0 heterocycles. The molecule has 0 atom stereocenters. The van der Waals surface area contributed by atoms with Crippen LogP contribution >= 0.6 is 0 Å². The van der Waals surface area contributed by atoms with Crippen molar-refractivity contribution in [2.45, 2.75) is 19.8 Å². The van der Waals surface area contributed by atoms with Crippen molar-refractivity contribution < 1.29 is 29.2 Å². The molecule has 2 N–H and O–H groups in total. The van der Waals surface area contributed by atoms with E-state index >= 15 is 0 Å². The van der Waals surface area contributed by atoms with Gasteiger partial charge in [0, 0.05) is 24.1 Å². The smallest absolute Gasteiger partial charge is 0.168 e. The van der Waals surface area contributed by atoms with Gasteiger partial charge in [-0.2, -0.15) is 0 Å². The minimum absolute atomic E-state index is 0.0506. The lowest BCUT2D eigenvalue weighted by molar-refractivity contribution is 0.111. The highest BCUT2D eigenvalue weighted by atomic mass is 16.5. The molecule has 2 aromatic rings. The minimum atomic E-state index is -0.407. The van der Waals surface area contributed by atoms with E-state index in [9.17, 15) is 15.0 Å². The van der Waals surface area contributed by atoms with Crippen LogP contribution in [0.15, 0.2) is 18.2 Å². The molecule has 0 fully saturated rings. The number of hydrogen-bond donors (Lipinski definition) is 2. The number of aromatic hydroxyl groups is 2. The Kier molecular flexibility index (Phi) is 5.75. The summed E-state index contributed by atoms with van der Waals surface area (Å²) in [5.41, 5.74) is 1.89. The molecule has 134 valence electrons. The average Bonchev–Trinajstić information content (AvgIpc) is 2.64. The third kappa shape index (κ3) is 3.47. The van der Waals surface area contributed by atoms with Crippen LogP contribution in [0.4, 0.5) is 0 Å². The van der Waals surface area contributed by atoms with Gasteiger partial charge >= 0.3 is 0 Å². The fourth-order valence-corrected chi connectivity index (χ4v) is 2.78. The van der Waals surface area contributed by atoms with Gasteiger partial charge in [0.05, 0.1) is 26.9 Å². The molecule has 0 aliphatic rings. The van der Waals surface area contributed by atoms with Crippen molar-refractivity contribution in [2.24, 2.45) is 0 Å². The first-order chi connectivity index (χ1) is 12.0. The summed E-state index contributed by atoms with van der Waals surface area (Å²) in [6, 6.07) is 5.15. The Balaban J connectivity index is 2.63. The summed E-state index contributed by atoms with van der Waals surface area (Å²) >= 11 is 0. The first-order valence-electron chi connectivity index (χ1n) is 7.81. The summed E-state index contributed by atoms with van der Waals surface area (Å²) in [6.45, 7) is 1.85. The predicted molar refractivity (Wildman–Crippen MR) is 93.4 cm³/mol. The van der Waals surface area contributed by atoms with Crippen LogP contribution < -0.4 is 14.2 Å². The van der Waals surface area contributed by atoms with E-state index in [1.165, 1.54) is 14.2 Å². The summed E-state index contributed by atoms with van der Waals surface area (Å²) in [4.78, 5) is 11.4. The molecular formula is C19H22O6. The van der Waals surface area contributed by atoms with Crippen LogP contribution in [0.25, 0.3) is 0 Å². The first-order valence-corrected chi connectivity index (χ1v) is 7.81. The van der Waals surface area contributed by atoms with Gasteiger partial charge in [-0.15, -0.1) is 0 Å². The van der Waals surface area contributed by atoms with Crippen LogP contribution in [0.5, 0.6) is 28.7 Å². The third-order valence-electron chi connectivity index (χ3n) is 4.16. The maximum absolute atomic E-state index is 11.4. The standard InChI is InChI=1S/C19H22O6/c1-5-11-6-12(15(10-20)19(22)18(11)21)7-14-16(24-3)8-13(23-2)9-17(14)25-4/h6,8-10,21-22H,5,7H2,1-4H3. The maximum Gasteiger partial charge on any atom is 0.168 e. The first kappa shape index (κ1) is 18.4. The van der Waals surface area contributed by atoms with Gasteiger partial charge in [-0.25, -0.2) is 0 Å². The molecule has 25 heavy (non-hydrogen) atoms. The SMILES string of the molecule is CCc1cc(Cc2c(OC)cc(OC)cc2OC)c(C=O)c(O)c1O. The molecule has 6 nitrogen and oxygen atoms in total. The van der Waals surface area contributed by atoms with E-state index in [1.54, 1.807) is 25.3 Å². The Hall–Kier alpha value is -2.89. The van der Waals surface area contributed by atoms with Gasteiger partial charge in [-0.3, -0.25) is 4.79 Å². The number of carbonyl (C=O) groups excluding carboxylic acids is 1. The van der Waals surface area contributed by atoms with Crippen LogP contribution in [0.2, 0.25) is 0 Å². The molecule has 2 rings (SSSR count). The number of aldehydes is 1. The molecule has 6 heteroatoms. The summed E-state index contributed by atoms with van der Waals surface area (Å²) in [5, 5.41) is 20.1. The molecule has 0 unspecified atom stereocenters. The summed E-state index contributed by atoms with van der Waals surface area (Å²) in [6.07, 6.45) is 1.33. The Morgan fingerprint density at radius 3 is 1.96 bits per heavy atom. The molecule has 0 radical (unpaired) electrons.